The third-order valence-electron chi connectivity index (χ3n) is 8.98. The number of benzene rings is 1. The predicted octanol–water partition coefficient (Wildman–Crippen LogP) is 6.62. The molecule has 0 bridgehead atoms. The van der Waals surface area contributed by atoms with E-state index in [0.717, 1.165) is 37.7 Å². The van der Waals surface area contributed by atoms with E-state index in [9.17, 15) is 20.1 Å². The van der Waals surface area contributed by atoms with Crippen LogP contribution in [0, 0.1) is 35.5 Å². The van der Waals surface area contributed by atoms with Gasteiger partial charge in [-0.05, 0) is 111 Å². The Morgan fingerprint density at radius 1 is 1.16 bits per heavy atom. The van der Waals surface area contributed by atoms with Crippen LogP contribution in [0.1, 0.15) is 84.3 Å². The standard InChI is InChI=1S/C27H40O4/c1-16(2)21-7-9-23-26(5,22(21)8-10-24(29)30)12-11-18(4)27(23,6)15-19-14-20(28)13-17(3)25(19)31/h13-14,18,22-23,28,31H,7-12,15H2,1-6H3,(H,29,30). The Morgan fingerprint density at radius 3 is 2.45 bits per heavy atom. The van der Waals surface area contributed by atoms with Crippen molar-refractivity contribution >= 4 is 5.97 Å². The molecule has 0 aromatic heterocycles. The molecule has 0 amide bonds. The SMILES string of the molecule is CC(C)=C1CCC2C(C)(Cc3cc(O)cc(C)c3O)C(C)CCC2(C)C1CCC(=O)O. The minimum atomic E-state index is -0.717. The van der Waals surface area contributed by atoms with Crippen LogP contribution in [-0.4, -0.2) is 21.3 Å². The number of carboxylic acid groups (broad SMARTS) is 1. The molecule has 2 aliphatic carbocycles. The molecule has 1 aromatic carbocycles. The van der Waals surface area contributed by atoms with E-state index in [1.54, 1.807) is 12.1 Å². The summed E-state index contributed by atoms with van der Waals surface area (Å²) in [6.07, 6.45) is 5.97. The largest absolute Gasteiger partial charge is 0.508 e. The lowest BCUT2D eigenvalue weighted by molar-refractivity contribution is -0.138. The maximum absolute atomic E-state index is 11.4. The zero-order valence-corrected chi connectivity index (χ0v) is 20.1. The summed E-state index contributed by atoms with van der Waals surface area (Å²) >= 11 is 0. The molecular weight excluding hydrogens is 388 g/mol. The second-order valence-corrected chi connectivity index (χ2v) is 11.0. The maximum atomic E-state index is 11.4. The zero-order chi connectivity index (χ0) is 23.1. The third-order valence-corrected chi connectivity index (χ3v) is 8.98. The van der Waals surface area contributed by atoms with Crippen LogP contribution in [-0.2, 0) is 11.2 Å². The number of aryl methyl sites for hydroxylation is 1. The second-order valence-electron chi connectivity index (χ2n) is 11.0. The van der Waals surface area contributed by atoms with Crippen molar-refractivity contribution in [1.82, 2.24) is 0 Å². The number of hydrogen-bond acceptors (Lipinski definition) is 3. The van der Waals surface area contributed by atoms with Gasteiger partial charge >= 0.3 is 5.97 Å². The monoisotopic (exact) mass is 428 g/mol. The highest BCUT2D eigenvalue weighted by molar-refractivity contribution is 5.66. The summed E-state index contributed by atoms with van der Waals surface area (Å²) in [6, 6.07) is 3.33. The summed E-state index contributed by atoms with van der Waals surface area (Å²) in [5.74, 6) is 0.995. The first-order chi connectivity index (χ1) is 14.4. The Kier molecular flexibility index (Phi) is 6.51. The maximum Gasteiger partial charge on any atom is 0.303 e. The number of fused-ring (bicyclic) bond motifs is 1. The first-order valence-electron chi connectivity index (χ1n) is 11.8. The van der Waals surface area contributed by atoms with Gasteiger partial charge in [-0.3, -0.25) is 4.79 Å². The highest BCUT2D eigenvalue weighted by Gasteiger charge is 2.57. The fourth-order valence-corrected chi connectivity index (χ4v) is 7.12. The topological polar surface area (TPSA) is 77.8 Å². The molecule has 0 aliphatic heterocycles. The van der Waals surface area contributed by atoms with E-state index < -0.39 is 5.97 Å². The van der Waals surface area contributed by atoms with Crippen molar-refractivity contribution in [3.63, 3.8) is 0 Å². The Bertz CT molecular complexity index is 881. The van der Waals surface area contributed by atoms with E-state index in [-0.39, 0.29) is 23.0 Å². The number of phenolic OH excluding ortho intramolecular Hbond substituents is 2. The van der Waals surface area contributed by atoms with Gasteiger partial charge in [-0.1, -0.05) is 31.9 Å². The van der Waals surface area contributed by atoms with Gasteiger partial charge in [-0.15, -0.1) is 0 Å². The highest BCUT2D eigenvalue weighted by atomic mass is 16.4. The molecule has 0 heterocycles. The van der Waals surface area contributed by atoms with Gasteiger partial charge in [-0.2, -0.15) is 0 Å². The molecule has 2 fully saturated rings. The normalized spacial score (nSPS) is 33.1. The number of aliphatic carboxylic acids is 1. The van der Waals surface area contributed by atoms with Crippen LogP contribution in [0.2, 0.25) is 0 Å². The molecule has 3 rings (SSSR count). The van der Waals surface area contributed by atoms with Crippen molar-refractivity contribution in [3.05, 3.63) is 34.4 Å². The number of hydrogen-bond donors (Lipinski definition) is 3. The minimum Gasteiger partial charge on any atom is -0.508 e. The average Bonchev–Trinajstić information content (AvgIpc) is 2.67. The van der Waals surface area contributed by atoms with Crippen LogP contribution in [0.4, 0.5) is 0 Å². The Labute approximate surface area is 187 Å². The molecule has 2 saturated carbocycles. The van der Waals surface area contributed by atoms with Gasteiger partial charge in [0.15, 0.2) is 0 Å². The first-order valence-corrected chi connectivity index (χ1v) is 11.8. The number of aromatic hydroxyl groups is 2. The molecule has 0 spiro atoms. The molecule has 4 nitrogen and oxygen atoms in total. The van der Waals surface area contributed by atoms with Gasteiger partial charge in [-0.25, -0.2) is 0 Å². The van der Waals surface area contributed by atoms with Gasteiger partial charge in [0.25, 0.3) is 0 Å². The van der Waals surface area contributed by atoms with Crippen molar-refractivity contribution in [2.75, 3.05) is 0 Å². The lowest BCUT2D eigenvalue weighted by Gasteiger charge is -2.61. The average molecular weight is 429 g/mol. The quantitative estimate of drug-likeness (QED) is 0.364. The first kappa shape index (κ1) is 23.7. The zero-order valence-electron chi connectivity index (χ0n) is 20.1. The van der Waals surface area contributed by atoms with Crippen LogP contribution in [0.15, 0.2) is 23.3 Å². The number of carboxylic acids is 1. The van der Waals surface area contributed by atoms with E-state index in [4.69, 9.17) is 0 Å². The van der Waals surface area contributed by atoms with Crippen molar-refractivity contribution in [2.45, 2.75) is 86.5 Å². The Hall–Kier alpha value is -1.97. The summed E-state index contributed by atoms with van der Waals surface area (Å²) in [7, 11) is 0. The van der Waals surface area contributed by atoms with Crippen LogP contribution >= 0.6 is 0 Å². The molecule has 5 atom stereocenters. The lowest BCUT2D eigenvalue weighted by Crippen LogP contribution is -2.54. The number of rotatable bonds is 5. The molecule has 172 valence electrons. The van der Waals surface area contributed by atoms with E-state index in [1.165, 1.54) is 11.1 Å². The van der Waals surface area contributed by atoms with E-state index >= 15 is 0 Å². The van der Waals surface area contributed by atoms with Crippen molar-refractivity contribution in [2.24, 2.45) is 28.6 Å². The minimum absolute atomic E-state index is 0.0284. The summed E-state index contributed by atoms with van der Waals surface area (Å²) in [5.41, 5.74) is 4.36. The van der Waals surface area contributed by atoms with Crippen molar-refractivity contribution < 1.29 is 20.1 Å². The number of phenols is 2. The molecule has 31 heavy (non-hydrogen) atoms. The van der Waals surface area contributed by atoms with Crippen molar-refractivity contribution in [3.8, 4) is 11.5 Å². The van der Waals surface area contributed by atoms with Gasteiger partial charge in [0.05, 0.1) is 0 Å². The Balaban J connectivity index is 2.04. The van der Waals surface area contributed by atoms with Crippen LogP contribution in [0.5, 0.6) is 11.5 Å². The number of carbonyl (C=O) groups is 1. The molecule has 3 N–H and O–H groups in total. The summed E-state index contributed by atoms with van der Waals surface area (Å²) in [6.45, 7) is 13.3. The molecular formula is C27H40O4. The Morgan fingerprint density at radius 2 is 1.84 bits per heavy atom. The summed E-state index contributed by atoms with van der Waals surface area (Å²) in [5, 5.41) is 30.3. The fraction of sp³-hybridized carbons (Fsp3) is 0.667. The predicted molar refractivity (Wildman–Crippen MR) is 124 cm³/mol. The molecule has 0 saturated heterocycles. The van der Waals surface area contributed by atoms with E-state index in [0.29, 0.717) is 35.5 Å². The van der Waals surface area contributed by atoms with Gasteiger partial charge in [0, 0.05) is 6.42 Å². The van der Waals surface area contributed by atoms with Gasteiger partial charge in [0.1, 0.15) is 11.5 Å². The lowest BCUT2D eigenvalue weighted by atomic mass is 9.43. The molecule has 4 heteroatoms. The third kappa shape index (κ3) is 4.23. The highest BCUT2D eigenvalue weighted by Crippen LogP contribution is 2.65. The molecule has 5 unspecified atom stereocenters. The van der Waals surface area contributed by atoms with Crippen LogP contribution in [0.25, 0.3) is 0 Å². The molecule has 0 radical (unpaired) electrons. The smallest absolute Gasteiger partial charge is 0.303 e. The van der Waals surface area contributed by atoms with Crippen LogP contribution < -0.4 is 0 Å². The summed E-state index contributed by atoms with van der Waals surface area (Å²) < 4.78 is 0. The van der Waals surface area contributed by atoms with E-state index in [2.05, 4.69) is 34.6 Å². The van der Waals surface area contributed by atoms with Gasteiger partial charge in [0.2, 0.25) is 0 Å². The van der Waals surface area contributed by atoms with Crippen molar-refractivity contribution in [1.29, 1.82) is 0 Å². The molecule has 2 aliphatic rings. The van der Waals surface area contributed by atoms with Gasteiger partial charge < -0.3 is 15.3 Å². The fourth-order valence-electron chi connectivity index (χ4n) is 7.12. The molecule has 1 aromatic rings. The van der Waals surface area contributed by atoms with E-state index in [1.807, 2.05) is 6.92 Å². The van der Waals surface area contributed by atoms with Crippen LogP contribution in [0.3, 0.4) is 0 Å². The number of allylic oxidation sites excluding steroid dienone is 2. The second kappa shape index (κ2) is 8.52. The summed E-state index contributed by atoms with van der Waals surface area (Å²) in [4.78, 5) is 11.4.